The zero-order chi connectivity index (χ0) is 13.0. The summed E-state index contributed by atoms with van der Waals surface area (Å²) < 4.78 is 0. The Balaban J connectivity index is 2.63. The van der Waals surface area contributed by atoms with E-state index in [4.69, 9.17) is 5.73 Å². The van der Waals surface area contributed by atoms with Gasteiger partial charge in [-0.15, -0.1) is 0 Å². The number of anilines is 2. The summed E-state index contributed by atoms with van der Waals surface area (Å²) in [6.45, 7) is 8.31. The zero-order valence-electron chi connectivity index (χ0n) is 11.0. The highest BCUT2D eigenvalue weighted by molar-refractivity contribution is 5.54. The molecule has 1 atom stereocenters. The first-order valence-electron chi connectivity index (χ1n) is 5.92. The number of aliphatic hydroxyl groups is 1. The Kier molecular flexibility index (Phi) is 4.69. The van der Waals surface area contributed by atoms with Crippen molar-refractivity contribution in [2.75, 3.05) is 17.6 Å². The minimum atomic E-state index is -0.370. The summed E-state index contributed by atoms with van der Waals surface area (Å²) in [4.78, 5) is 8.34. The topological polar surface area (TPSA) is 84.1 Å². The molecule has 1 aromatic rings. The van der Waals surface area contributed by atoms with Crippen LogP contribution in [-0.4, -0.2) is 27.7 Å². The third-order valence-electron chi connectivity index (χ3n) is 2.54. The van der Waals surface area contributed by atoms with E-state index in [1.165, 1.54) is 0 Å². The monoisotopic (exact) mass is 238 g/mol. The number of nitrogen functional groups attached to an aromatic ring is 1. The van der Waals surface area contributed by atoms with Crippen LogP contribution < -0.4 is 11.1 Å². The van der Waals surface area contributed by atoms with Gasteiger partial charge in [0.25, 0.3) is 0 Å². The van der Waals surface area contributed by atoms with Crippen LogP contribution in [0.1, 0.15) is 31.7 Å². The lowest BCUT2D eigenvalue weighted by Crippen LogP contribution is -2.22. The molecule has 1 aromatic heterocycles. The summed E-state index contributed by atoms with van der Waals surface area (Å²) in [7, 11) is 0. The largest absolute Gasteiger partial charge is 0.391 e. The van der Waals surface area contributed by atoms with E-state index in [9.17, 15) is 5.11 Å². The quantitative estimate of drug-likeness (QED) is 0.724. The van der Waals surface area contributed by atoms with Crippen LogP contribution in [0.3, 0.4) is 0 Å². The van der Waals surface area contributed by atoms with E-state index in [0.29, 0.717) is 29.9 Å². The fourth-order valence-electron chi connectivity index (χ4n) is 1.66. The van der Waals surface area contributed by atoms with Crippen molar-refractivity contribution in [1.82, 2.24) is 9.97 Å². The summed E-state index contributed by atoms with van der Waals surface area (Å²) >= 11 is 0. The van der Waals surface area contributed by atoms with Gasteiger partial charge in [0.2, 0.25) is 0 Å². The number of nitrogens with zero attached hydrogens (tertiary/aromatic N) is 2. The molecule has 0 spiro atoms. The maximum atomic E-state index is 9.77. The molecule has 0 aliphatic rings. The second kappa shape index (κ2) is 5.82. The lowest BCUT2D eigenvalue weighted by Gasteiger charge is -2.16. The Morgan fingerprint density at radius 1 is 1.29 bits per heavy atom. The van der Waals surface area contributed by atoms with Crippen LogP contribution in [0.2, 0.25) is 0 Å². The first-order chi connectivity index (χ1) is 7.90. The second-order valence-corrected chi connectivity index (χ2v) is 4.79. The number of hydrogen-bond donors (Lipinski definition) is 3. The van der Waals surface area contributed by atoms with Crippen molar-refractivity contribution < 1.29 is 5.11 Å². The van der Waals surface area contributed by atoms with Crippen molar-refractivity contribution in [3.63, 3.8) is 0 Å². The van der Waals surface area contributed by atoms with Gasteiger partial charge < -0.3 is 16.2 Å². The summed E-state index contributed by atoms with van der Waals surface area (Å²) in [5.41, 5.74) is 6.58. The van der Waals surface area contributed by atoms with Crippen LogP contribution in [0.5, 0.6) is 0 Å². The van der Waals surface area contributed by atoms with E-state index < -0.39 is 0 Å². The third-order valence-corrected chi connectivity index (χ3v) is 2.54. The van der Waals surface area contributed by atoms with Crippen LogP contribution >= 0.6 is 0 Å². The van der Waals surface area contributed by atoms with Gasteiger partial charge in [-0.05, 0) is 26.2 Å². The Labute approximate surface area is 102 Å². The van der Waals surface area contributed by atoms with Crippen LogP contribution in [0.15, 0.2) is 0 Å². The number of aromatic nitrogens is 2. The normalized spacial score (nSPS) is 12.8. The Bertz CT molecular complexity index is 379. The van der Waals surface area contributed by atoms with Crippen molar-refractivity contribution >= 4 is 11.6 Å². The summed E-state index contributed by atoms with van der Waals surface area (Å²) in [6.07, 6.45) is 0.400. The Hall–Kier alpha value is -1.36. The summed E-state index contributed by atoms with van der Waals surface area (Å²) in [5, 5.41) is 12.9. The van der Waals surface area contributed by atoms with E-state index in [0.717, 1.165) is 12.0 Å². The standard InChI is InChI=1S/C12H22N4O/c1-7(2)5-10(17)6-14-12-8(3)11(13)15-9(4)16-12/h7,10,17H,5-6H2,1-4H3,(H3,13,14,15,16). The van der Waals surface area contributed by atoms with Crippen molar-refractivity contribution in [3.05, 3.63) is 11.4 Å². The maximum absolute atomic E-state index is 9.77. The first-order valence-corrected chi connectivity index (χ1v) is 5.92. The minimum Gasteiger partial charge on any atom is -0.391 e. The van der Waals surface area contributed by atoms with Gasteiger partial charge in [0, 0.05) is 12.1 Å². The maximum Gasteiger partial charge on any atom is 0.134 e. The smallest absolute Gasteiger partial charge is 0.134 e. The molecule has 0 bridgehead atoms. The molecule has 0 amide bonds. The van der Waals surface area contributed by atoms with Gasteiger partial charge in [-0.25, -0.2) is 9.97 Å². The molecule has 0 saturated carbocycles. The van der Waals surface area contributed by atoms with E-state index in [1.807, 2.05) is 6.92 Å². The number of nitrogens with one attached hydrogen (secondary N) is 1. The molecule has 0 saturated heterocycles. The average Bonchev–Trinajstić information content (AvgIpc) is 2.20. The van der Waals surface area contributed by atoms with Gasteiger partial charge in [0.15, 0.2) is 0 Å². The number of rotatable bonds is 5. The van der Waals surface area contributed by atoms with Crippen molar-refractivity contribution in [2.24, 2.45) is 5.92 Å². The van der Waals surface area contributed by atoms with Gasteiger partial charge in [0.05, 0.1) is 6.10 Å². The molecule has 0 fully saturated rings. The van der Waals surface area contributed by atoms with Crippen LogP contribution in [0, 0.1) is 19.8 Å². The summed E-state index contributed by atoms with van der Waals surface area (Å²) in [6, 6.07) is 0. The van der Waals surface area contributed by atoms with Gasteiger partial charge >= 0.3 is 0 Å². The van der Waals surface area contributed by atoms with Gasteiger partial charge in [-0.1, -0.05) is 13.8 Å². The van der Waals surface area contributed by atoms with E-state index in [2.05, 4.69) is 29.1 Å². The Morgan fingerprint density at radius 3 is 2.53 bits per heavy atom. The fourth-order valence-corrected chi connectivity index (χ4v) is 1.66. The van der Waals surface area contributed by atoms with Crippen LogP contribution in [-0.2, 0) is 0 Å². The van der Waals surface area contributed by atoms with E-state index in [-0.39, 0.29) is 6.10 Å². The number of aliphatic hydroxyl groups excluding tert-OH is 1. The SMILES string of the molecule is Cc1nc(N)c(C)c(NCC(O)CC(C)C)n1. The van der Waals surface area contributed by atoms with Crippen molar-refractivity contribution in [3.8, 4) is 0 Å². The van der Waals surface area contributed by atoms with Gasteiger partial charge in [-0.2, -0.15) is 0 Å². The average molecular weight is 238 g/mol. The van der Waals surface area contributed by atoms with E-state index in [1.54, 1.807) is 6.92 Å². The predicted molar refractivity (Wildman–Crippen MR) is 69.9 cm³/mol. The molecule has 0 radical (unpaired) electrons. The fraction of sp³-hybridized carbons (Fsp3) is 0.667. The Morgan fingerprint density at radius 2 is 1.94 bits per heavy atom. The van der Waals surface area contributed by atoms with Crippen molar-refractivity contribution in [1.29, 1.82) is 0 Å². The molecule has 96 valence electrons. The molecule has 1 unspecified atom stereocenters. The van der Waals surface area contributed by atoms with Gasteiger partial charge in [0.1, 0.15) is 17.5 Å². The molecule has 0 aliphatic carbocycles. The number of nitrogens with two attached hydrogens (primary N) is 1. The molecular formula is C12H22N4O. The lowest BCUT2D eigenvalue weighted by molar-refractivity contribution is 0.161. The van der Waals surface area contributed by atoms with Gasteiger partial charge in [-0.3, -0.25) is 0 Å². The van der Waals surface area contributed by atoms with Crippen LogP contribution in [0.4, 0.5) is 11.6 Å². The highest BCUT2D eigenvalue weighted by Crippen LogP contribution is 2.17. The molecular weight excluding hydrogens is 216 g/mol. The predicted octanol–water partition coefficient (Wildman–Crippen LogP) is 1.49. The molecule has 5 nitrogen and oxygen atoms in total. The van der Waals surface area contributed by atoms with E-state index >= 15 is 0 Å². The molecule has 0 aliphatic heterocycles. The lowest BCUT2D eigenvalue weighted by atomic mass is 10.1. The van der Waals surface area contributed by atoms with Crippen LogP contribution in [0.25, 0.3) is 0 Å². The molecule has 1 heterocycles. The zero-order valence-corrected chi connectivity index (χ0v) is 11.0. The molecule has 5 heteroatoms. The van der Waals surface area contributed by atoms with Crippen molar-refractivity contribution in [2.45, 2.75) is 40.2 Å². The molecule has 17 heavy (non-hydrogen) atoms. The number of hydrogen-bond acceptors (Lipinski definition) is 5. The minimum absolute atomic E-state index is 0.370. The highest BCUT2D eigenvalue weighted by Gasteiger charge is 2.10. The molecule has 4 N–H and O–H groups in total. The highest BCUT2D eigenvalue weighted by atomic mass is 16.3. The number of aryl methyl sites for hydroxylation is 1. The molecule has 1 rings (SSSR count). The molecule has 0 aromatic carbocycles. The second-order valence-electron chi connectivity index (χ2n) is 4.79. The first kappa shape index (κ1) is 13.7. The third kappa shape index (κ3) is 4.19. The summed E-state index contributed by atoms with van der Waals surface area (Å²) in [5.74, 6) is 2.30.